The molecule has 0 unspecified atom stereocenters. The standard InChI is InChI=1S/C5H7ClN2O/c1-4-7-5(2-3-6)8-9-4/h2-3H2,1H3. The molecule has 1 aromatic rings. The first-order chi connectivity index (χ1) is 4.33. The summed E-state index contributed by atoms with van der Waals surface area (Å²) in [7, 11) is 0. The maximum atomic E-state index is 5.42. The smallest absolute Gasteiger partial charge is 0.223 e. The molecule has 9 heavy (non-hydrogen) atoms. The van der Waals surface area contributed by atoms with Gasteiger partial charge in [0.1, 0.15) is 0 Å². The van der Waals surface area contributed by atoms with Crippen molar-refractivity contribution in [2.75, 3.05) is 5.88 Å². The molecule has 1 aromatic heterocycles. The minimum absolute atomic E-state index is 0.541. The Morgan fingerprint density at radius 3 is 2.89 bits per heavy atom. The lowest BCUT2D eigenvalue weighted by Gasteiger charge is -1.80. The summed E-state index contributed by atoms with van der Waals surface area (Å²) in [6, 6.07) is 0. The summed E-state index contributed by atoms with van der Waals surface area (Å²) in [5, 5.41) is 3.63. The lowest BCUT2D eigenvalue weighted by Crippen LogP contribution is -1.87. The molecule has 0 bridgehead atoms. The van der Waals surface area contributed by atoms with E-state index in [2.05, 4.69) is 10.1 Å². The number of rotatable bonds is 2. The van der Waals surface area contributed by atoms with Crippen molar-refractivity contribution in [1.82, 2.24) is 10.1 Å². The van der Waals surface area contributed by atoms with E-state index in [-0.39, 0.29) is 0 Å². The first-order valence-corrected chi connectivity index (χ1v) is 3.21. The zero-order valence-electron chi connectivity index (χ0n) is 5.09. The average Bonchev–Trinajstić information content (AvgIpc) is 2.17. The highest BCUT2D eigenvalue weighted by atomic mass is 35.5. The molecule has 0 atom stereocenters. The van der Waals surface area contributed by atoms with Crippen LogP contribution >= 0.6 is 11.6 Å². The Kier molecular flexibility index (Phi) is 2.05. The van der Waals surface area contributed by atoms with Crippen LogP contribution in [-0.2, 0) is 6.42 Å². The molecule has 0 N–H and O–H groups in total. The maximum Gasteiger partial charge on any atom is 0.223 e. The summed E-state index contributed by atoms with van der Waals surface area (Å²) in [6.07, 6.45) is 0.679. The molecule has 0 aliphatic carbocycles. The third-order valence-electron chi connectivity index (χ3n) is 0.888. The zero-order chi connectivity index (χ0) is 6.69. The van der Waals surface area contributed by atoms with Gasteiger partial charge in [0.15, 0.2) is 5.82 Å². The van der Waals surface area contributed by atoms with Crippen LogP contribution in [0.2, 0.25) is 0 Å². The summed E-state index contributed by atoms with van der Waals surface area (Å²) < 4.78 is 4.70. The third-order valence-corrected chi connectivity index (χ3v) is 1.08. The molecular weight excluding hydrogens is 140 g/mol. The lowest BCUT2D eigenvalue weighted by molar-refractivity contribution is 0.388. The quantitative estimate of drug-likeness (QED) is 0.588. The second kappa shape index (κ2) is 2.82. The van der Waals surface area contributed by atoms with Gasteiger partial charge in [0, 0.05) is 19.2 Å². The Hall–Kier alpha value is -0.570. The highest BCUT2D eigenvalue weighted by Gasteiger charge is 1.98. The summed E-state index contributed by atoms with van der Waals surface area (Å²) in [5.41, 5.74) is 0. The number of nitrogens with zero attached hydrogens (tertiary/aromatic N) is 2. The fourth-order valence-electron chi connectivity index (χ4n) is 0.527. The van der Waals surface area contributed by atoms with Crippen LogP contribution in [0.25, 0.3) is 0 Å². The molecule has 0 spiro atoms. The SMILES string of the molecule is Cc1nc(CCCl)no1. The molecule has 4 heteroatoms. The van der Waals surface area contributed by atoms with Gasteiger partial charge in [-0.15, -0.1) is 11.6 Å². The number of hydrogen-bond acceptors (Lipinski definition) is 3. The average molecular weight is 147 g/mol. The van der Waals surface area contributed by atoms with Gasteiger partial charge in [0.2, 0.25) is 5.89 Å². The van der Waals surface area contributed by atoms with Crippen LogP contribution in [0.4, 0.5) is 0 Å². The third kappa shape index (κ3) is 1.68. The largest absolute Gasteiger partial charge is 0.340 e. The van der Waals surface area contributed by atoms with Gasteiger partial charge in [-0.2, -0.15) is 4.98 Å². The van der Waals surface area contributed by atoms with Crippen molar-refractivity contribution in [2.24, 2.45) is 0 Å². The molecular formula is C5H7ClN2O. The van der Waals surface area contributed by atoms with Crippen molar-refractivity contribution in [2.45, 2.75) is 13.3 Å². The highest BCUT2D eigenvalue weighted by molar-refractivity contribution is 6.17. The zero-order valence-corrected chi connectivity index (χ0v) is 5.85. The van der Waals surface area contributed by atoms with Crippen LogP contribution in [0.15, 0.2) is 4.52 Å². The molecule has 1 rings (SSSR count). The van der Waals surface area contributed by atoms with E-state index in [0.29, 0.717) is 24.0 Å². The Bertz CT molecular complexity index is 187. The van der Waals surface area contributed by atoms with Gasteiger partial charge >= 0.3 is 0 Å². The maximum absolute atomic E-state index is 5.42. The second-order valence-corrected chi connectivity index (χ2v) is 2.05. The Morgan fingerprint density at radius 2 is 2.44 bits per heavy atom. The Balaban J connectivity index is 2.61. The summed E-state index contributed by atoms with van der Waals surface area (Å²) in [5.74, 6) is 1.82. The van der Waals surface area contributed by atoms with Crippen molar-refractivity contribution in [3.8, 4) is 0 Å². The number of aromatic nitrogens is 2. The molecule has 0 aliphatic rings. The van der Waals surface area contributed by atoms with Crippen LogP contribution in [0.5, 0.6) is 0 Å². The predicted octanol–water partition coefficient (Wildman–Crippen LogP) is 1.16. The van der Waals surface area contributed by atoms with Gasteiger partial charge in [0.25, 0.3) is 0 Å². The number of alkyl halides is 1. The fraction of sp³-hybridized carbons (Fsp3) is 0.600. The molecule has 0 aromatic carbocycles. The molecule has 0 saturated carbocycles. The molecule has 3 nitrogen and oxygen atoms in total. The van der Waals surface area contributed by atoms with E-state index in [0.717, 1.165) is 0 Å². The normalized spacial score (nSPS) is 10.0. The summed E-state index contributed by atoms with van der Waals surface area (Å²) in [6.45, 7) is 1.75. The molecule has 0 saturated heterocycles. The Labute approximate surface area is 58.0 Å². The minimum atomic E-state index is 0.541. The number of aryl methyl sites for hydroxylation is 2. The van der Waals surface area contributed by atoms with Gasteiger partial charge in [-0.05, 0) is 0 Å². The topological polar surface area (TPSA) is 38.9 Å². The predicted molar refractivity (Wildman–Crippen MR) is 33.5 cm³/mol. The lowest BCUT2D eigenvalue weighted by atomic mass is 10.5. The van der Waals surface area contributed by atoms with Crippen LogP contribution in [-0.4, -0.2) is 16.0 Å². The number of halogens is 1. The highest BCUT2D eigenvalue weighted by Crippen LogP contribution is 1.95. The Morgan fingerprint density at radius 1 is 1.67 bits per heavy atom. The van der Waals surface area contributed by atoms with Gasteiger partial charge in [-0.3, -0.25) is 0 Å². The molecule has 50 valence electrons. The molecule has 0 amide bonds. The summed E-state index contributed by atoms with van der Waals surface area (Å²) in [4.78, 5) is 3.94. The van der Waals surface area contributed by atoms with E-state index in [1.54, 1.807) is 6.92 Å². The van der Waals surface area contributed by atoms with Crippen LogP contribution in [0, 0.1) is 6.92 Å². The fourth-order valence-corrected chi connectivity index (χ4v) is 0.696. The van der Waals surface area contributed by atoms with Crippen LogP contribution in [0.1, 0.15) is 11.7 Å². The van der Waals surface area contributed by atoms with Crippen molar-refractivity contribution < 1.29 is 4.52 Å². The van der Waals surface area contributed by atoms with E-state index >= 15 is 0 Å². The van der Waals surface area contributed by atoms with E-state index in [9.17, 15) is 0 Å². The van der Waals surface area contributed by atoms with Crippen molar-refractivity contribution in [3.05, 3.63) is 11.7 Å². The molecule has 1 heterocycles. The van der Waals surface area contributed by atoms with E-state index in [1.165, 1.54) is 0 Å². The molecule has 0 radical (unpaired) electrons. The minimum Gasteiger partial charge on any atom is -0.340 e. The van der Waals surface area contributed by atoms with E-state index in [1.807, 2.05) is 0 Å². The van der Waals surface area contributed by atoms with Crippen molar-refractivity contribution in [3.63, 3.8) is 0 Å². The van der Waals surface area contributed by atoms with Crippen molar-refractivity contribution in [1.29, 1.82) is 0 Å². The monoisotopic (exact) mass is 146 g/mol. The first-order valence-electron chi connectivity index (χ1n) is 2.68. The molecule has 0 fully saturated rings. The van der Waals surface area contributed by atoms with Crippen LogP contribution < -0.4 is 0 Å². The van der Waals surface area contributed by atoms with Crippen LogP contribution in [0.3, 0.4) is 0 Å². The molecule has 0 aliphatic heterocycles. The first kappa shape index (κ1) is 6.55. The van der Waals surface area contributed by atoms with Gasteiger partial charge in [-0.25, -0.2) is 0 Å². The van der Waals surface area contributed by atoms with Gasteiger partial charge in [-0.1, -0.05) is 5.16 Å². The van der Waals surface area contributed by atoms with E-state index < -0.39 is 0 Å². The number of hydrogen-bond donors (Lipinski definition) is 0. The summed E-state index contributed by atoms with van der Waals surface area (Å²) >= 11 is 5.42. The second-order valence-electron chi connectivity index (χ2n) is 1.67. The van der Waals surface area contributed by atoms with E-state index in [4.69, 9.17) is 16.1 Å². The van der Waals surface area contributed by atoms with Gasteiger partial charge < -0.3 is 4.52 Å². The van der Waals surface area contributed by atoms with Crippen molar-refractivity contribution >= 4 is 11.6 Å². The van der Waals surface area contributed by atoms with Gasteiger partial charge in [0.05, 0.1) is 0 Å².